The van der Waals surface area contributed by atoms with Crippen molar-refractivity contribution in [3.05, 3.63) is 65.5 Å². The van der Waals surface area contributed by atoms with Crippen LogP contribution in [0.1, 0.15) is 53.6 Å². The number of hydrogen-bond donors (Lipinski definition) is 0. The van der Waals surface area contributed by atoms with Gasteiger partial charge in [0.05, 0.1) is 11.3 Å². The summed E-state index contributed by atoms with van der Waals surface area (Å²) in [4.78, 5) is 17.1. The second-order valence-electron chi connectivity index (χ2n) is 6.82. The van der Waals surface area contributed by atoms with Gasteiger partial charge in [-0.3, -0.25) is 9.78 Å². The van der Waals surface area contributed by atoms with E-state index in [2.05, 4.69) is 24.0 Å². The van der Waals surface area contributed by atoms with Crippen LogP contribution in [-0.2, 0) is 0 Å². The number of hydrazone groups is 1. The van der Waals surface area contributed by atoms with Gasteiger partial charge in [0.2, 0.25) is 0 Å². The van der Waals surface area contributed by atoms with Crippen molar-refractivity contribution in [2.45, 2.75) is 44.6 Å². The Morgan fingerprint density at radius 1 is 1.08 bits per heavy atom. The van der Waals surface area contributed by atoms with E-state index in [1.165, 1.54) is 5.56 Å². The van der Waals surface area contributed by atoms with Crippen LogP contribution < -0.4 is 0 Å². The Morgan fingerprint density at radius 3 is 2.50 bits per heavy atom. The van der Waals surface area contributed by atoms with E-state index in [4.69, 9.17) is 5.10 Å². The van der Waals surface area contributed by atoms with Gasteiger partial charge < -0.3 is 0 Å². The molecule has 0 unspecified atom stereocenters. The highest BCUT2D eigenvalue weighted by atomic mass is 16.2. The maximum atomic E-state index is 13.1. The normalized spacial score (nSPS) is 18.9. The van der Waals surface area contributed by atoms with E-state index in [1.807, 2.05) is 12.1 Å². The third-order valence-corrected chi connectivity index (χ3v) is 5.28. The first-order chi connectivity index (χ1) is 11.7. The van der Waals surface area contributed by atoms with Gasteiger partial charge >= 0.3 is 0 Å². The van der Waals surface area contributed by atoms with E-state index in [0.29, 0.717) is 5.56 Å². The molecule has 2 aliphatic rings. The molecule has 1 aliphatic carbocycles. The Morgan fingerprint density at radius 2 is 1.79 bits per heavy atom. The van der Waals surface area contributed by atoms with Crippen molar-refractivity contribution in [1.82, 2.24) is 9.99 Å². The summed E-state index contributed by atoms with van der Waals surface area (Å²) in [6, 6.07) is 11.8. The summed E-state index contributed by atoms with van der Waals surface area (Å²) < 4.78 is 0. The molecular formula is C20H21N3O. The second-order valence-corrected chi connectivity index (χ2v) is 6.82. The van der Waals surface area contributed by atoms with Crippen LogP contribution in [0.5, 0.6) is 0 Å². The second kappa shape index (κ2) is 5.86. The summed E-state index contributed by atoms with van der Waals surface area (Å²) in [6.45, 7) is 2.10. The zero-order chi connectivity index (χ0) is 16.6. The molecule has 4 rings (SSSR count). The molecule has 0 radical (unpaired) electrons. The predicted molar refractivity (Wildman–Crippen MR) is 93.9 cm³/mol. The number of aromatic nitrogens is 1. The Kier molecular flexibility index (Phi) is 3.68. The highest BCUT2D eigenvalue weighted by Crippen LogP contribution is 2.44. The van der Waals surface area contributed by atoms with Crippen LogP contribution in [0.4, 0.5) is 0 Å². The van der Waals surface area contributed by atoms with Crippen molar-refractivity contribution in [2.24, 2.45) is 5.10 Å². The molecule has 1 amide bonds. The molecule has 1 aliphatic heterocycles. The van der Waals surface area contributed by atoms with Crippen molar-refractivity contribution >= 4 is 11.6 Å². The van der Waals surface area contributed by atoms with Crippen LogP contribution in [0.3, 0.4) is 0 Å². The molecular weight excluding hydrogens is 298 g/mol. The van der Waals surface area contributed by atoms with Gasteiger partial charge in [-0.25, -0.2) is 5.01 Å². The van der Waals surface area contributed by atoms with Crippen LogP contribution in [-0.4, -0.2) is 27.2 Å². The minimum absolute atomic E-state index is 0.0112. The number of carbonyl (C=O) groups is 1. The van der Waals surface area contributed by atoms with Gasteiger partial charge in [-0.05, 0) is 37.5 Å². The van der Waals surface area contributed by atoms with E-state index in [1.54, 1.807) is 29.5 Å². The van der Waals surface area contributed by atoms with Gasteiger partial charge in [0.15, 0.2) is 0 Å². The molecule has 1 fully saturated rings. The van der Waals surface area contributed by atoms with Gasteiger partial charge in [0.25, 0.3) is 5.91 Å². The first kappa shape index (κ1) is 15.1. The lowest BCUT2D eigenvalue weighted by molar-refractivity contribution is 0.0556. The monoisotopic (exact) mass is 319 g/mol. The first-order valence-electron chi connectivity index (χ1n) is 8.58. The number of carbonyl (C=O) groups excluding carboxylic acids is 1. The van der Waals surface area contributed by atoms with Crippen molar-refractivity contribution in [3.63, 3.8) is 0 Å². The largest absolute Gasteiger partial charge is 0.274 e. The molecule has 4 heteroatoms. The molecule has 2 aromatic rings. The number of nitrogens with zero attached hydrogens (tertiary/aromatic N) is 3. The third kappa shape index (κ3) is 2.42. The molecule has 1 spiro atoms. The molecule has 2 heterocycles. The Balaban J connectivity index is 1.74. The molecule has 1 aromatic heterocycles. The average molecular weight is 319 g/mol. The van der Waals surface area contributed by atoms with E-state index >= 15 is 0 Å². The highest BCUT2D eigenvalue weighted by molar-refractivity contribution is 6.06. The van der Waals surface area contributed by atoms with Crippen LogP contribution in [0.2, 0.25) is 0 Å². The SMILES string of the molecule is Cc1ccccc1C1=NN(C(=O)c2ccncc2)C2(CCCC2)C1. The van der Waals surface area contributed by atoms with Crippen molar-refractivity contribution in [3.8, 4) is 0 Å². The Hall–Kier alpha value is -2.49. The number of pyridine rings is 1. The third-order valence-electron chi connectivity index (χ3n) is 5.28. The molecule has 122 valence electrons. The fourth-order valence-corrected chi connectivity index (χ4v) is 3.99. The molecule has 0 atom stereocenters. The van der Waals surface area contributed by atoms with Gasteiger partial charge in [-0.1, -0.05) is 37.1 Å². The van der Waals surface area contributed by atoms with Crippen LogP contribution in [0, 0.1) is 6.92 Å². The van der Waals surface area contributed by atoms with Crippen LogP contribution >= 0.6 is 0 Å². The topological polar surface area (TPSA) is 45.6 Å². The number of rotatable bonds is 2. The maximum absolute atomic E-state index is 13.1. The predicted octanol–water partition coefficient (Wildman–Crippen LogP) is 3.95. The summed E-state index contributed by atoms with van der Waals surface area (Å²) >= 11 is 0. The van der Waals surface area contributed by atoms with Crippen LogP contribution in [0.25, 0.3) is 0 Å². The highest BCUT2D eigenvalue weighted by Gasteiger charge is 2.48. The van der Waals surface area contributed by atoms with Crippen molar-refractivity contribution < 1.29 is 4.79 Å². The molecule has 0 N–H and O–H groups in total. The van der Waals surface area contributed by atoms with E-state index < -0.39 is 0 Å². The summed E-state index contributed by atoms with van der Waals surface area (Å²) in [6.07, 6.45) is 8.57. The van der Waals surface area contributed by atoms with E-state index in [0.717, 1.165) is 43.4 Å². The number of amides is 1. The minimum Gasteiger partial charge on any atom is -0.267 e. The maximum Gasteiger partial charge on any atom is 0.274 e. The number of hydrogen-bond acceptors (Lipinski definition) is 3. The first-order valence-corrected chi connectivity index (χ1v) is 8.58. The zero-order valence-electron chi connectivity index (χ0n) is 13.9. The fraction of sp³-hybridized carbons (Fsp3) is 0.350. The summed E-state index contributed by atoms with van der Waals surface area (Å²) in [5.41, 5.74) is 3.93. The van der Waals surface area contributed by atoms with E-state index in [9.17, 15) is 4.79 Å². The zero-order valence-corrected chi connectivity index (χ0v) is 13.9. The Labute approximate surface area is 142 Å². The van der Waals surface area contributed by atoms with Crippen LogP contribution in [0.15, 0.2) is 53.9 Å². The molecule has 4 nitrogen and oxygen atoms in total. The molecule has 1 saturated carbocycles. The summed E-state index contributed by atoms with van der Waals surface area (Å²) in [7, 11) is 0. The van der Waals surface area contributed by atoms with Gasteiger partial charge in [-0.15, -0.1) is 0 Å². The lowest BCUT2D eigenvalue weighted by Gasteiger charge is -2.32. The molecule has 1 aromatic carbocycles. The fourth-order valence-electron chi connectivity index (χ4n) is 3.99. The number of benzene rings is 1. The molecule has 24 heavy (non-hydrogen) atoms. The minimum atomic E-state index is -0.141. The Bertz CT molecular complexity index is 792. The van der Waals surface area contributed by atoms with Gasteiger partial charge in [0, 0.05) is 29.9 Å². The number of aryl methyl sites for hydroxylation is 1. The quantitative estimate of drug-likeness (QED) is 0.841. The van der Waals surface area contributed by atoms with Gasteiger partial charge in [-0.2, -0.15) is 5.10 Å². The summed E-state index contributed by atoms with van der Waals surface area (Å²) in [5, 5.41) is 6.59. The standard InChI is InChI=1S/C20H21N3O/c1-15-6-2-3-7-17(15)18-14-20(10-4-5-11-20)23(22-18)19(24)16-8-12-21-13-9-16/h2-3,6-9,12-13H,4-5,10-11,14H2,1H3. The van der Waals surface area contributed by atoms with Gasteiger partial charge in [0.1, 0.15) is 0 Å². The molecule has 0 saturated heterocycles. The van der Waals surface area contributed by atoms with Crippen molar-refractivity contribution in [2.75, 3.05) is 0 Å². The summed E-state index contributed by atoms with van der Waals surface area (Å²) in [5.74, 6) is -0.0112. The average Bonchev–Trinajstić information content (AvgIpc) is 3.23. The van der Waals surface area contributed by atoms with Crippen molar-refractivity contribution in [1.29, 1.82) is 0 Å². The molecule has 0 bridgehead atoms. The lowest BCUT2D eigenvalue weighted by Crippen LogP contribution is -2.43. The smallest absolute Gasteiger partial charge is 0.267 e. The van der Waals surface area contributed by atoms with E-state index in [-0.39, 0.29) is 11.4 Å². The lowest BCUT2D eigenvalue weighted by atomic mass is 9.88.